The standard InChI is InChI=1S/C23H26N4O3/c1-14-18-8-3-4-9-19(18)30-21(14)23(29)27-11-10-26-13-17(25-22(26)15(27)2)12-20(28)24-16-6-5-7-16/h3-4,8-9,13,15-16H,5-7,10-12H2,1-2H3,(H,24,28)/t15-/m1/s1. The van der Waals surface area contributed by atoms with Crippen molar-refractivity contribution in [1.29, 1.82) is 0 Å². The Bertz CT molecular complexity index is 1120. The number of furan rings is 1. The summed E-state index contributed by atoms with van der Waals surface area (Å²) in [6.45, 7) is 5.13. The van der Waals surface area contributed by atoms with Crippen LogP contribution in [0.25, 0.3) is 11.0 Å². The molecule has 2 aliphatic rings. The van der Waals surface area contributed by atoms with Crippen molar-refractivity contribution in [2.45, 2.75) is 58.2 Å². The first-order chi connectivity index (χ1) is 14.5. The third-order valence-electron chi connectivity index (χ3n) is 6.39. The number of nitrogens with zero attached hydrogens (tertiary/aromatic N) is 3. The predicted octanol–water partition coefficient (Wildman–Crippen LogP) is 3.37. The van der Waals surface area contributed by atoms with Gasteiger partial charge in [0.2, 0.25) is 5.91 Å². The fourth-order valence-electron chi connectivity index (χ4n) is 4.41. The lowest BCUT2D eigenvalue weighted by atomic mass is 9.93. The summed E-state index contributed by atoms with van der Waals surface area (Å²) in [7, 11) is 0. The van der Waals surface area contributed by atoms with Crippen LogP contribution in [-0.2, 0) is 17.8 Å². The molecule has 2 aromatic heterocycles. The lowest BCUT2D eigenvalue weighted by Gasteiger charge is -2.33. The van der Waals surface area contributed by atoms with Crippen LogP contribution in [0.1, 0.15) is 59.9 Å². The SMILES string of the molecule is Cc1c(C(=O)N2CCn3cc(CC(=O)NC4CCC4)nc3[C@H]2C)oc2ccccc12. The van der Waals surface area contributed by atoms with Gasteiger partial charge in [-0.1, -0.05) is 18.2 Å². The van der Waals surface area contributed by atoms with Gasteiger partial charge in [-0.3, -0.25) is 9.59 Å². The van der Waals surface area contributed by atoms with Gasteiger partial charge in [0.05, 0.1) is 18.2 Å². The Hall–Kier alpha value is -3.09. The second kappa shape index (κ2) is 7.31. The van der Waals surface area contributed by atoms with E-state index >= 15 is 0 Å². The normalized spacial score (nSPS) is 18.9. The molecule has 5 rings (SSSR count). The zero-order chi connectivity index (χ0) is 20.8. The number of benzene rings is 1. The van der Waals surface area contributed by atoms with E-state index in [4.69, 9.17) is 9.40 Å². The van der Waals surface area contributed by atoms with Crippen molar-refractivity contribution in [2.24, 2.45) is 0 Å². The molecule has 1 N–H and O–H groups in total. The highest BCUT2D eigenvalue weighted by atomic mass is 16.3. The Kier molecular flexibility index (Phi) is 4.60. The third-order valence-corrected chi connectivity index (χ3v) is 6.39. The molecule has 0 saturated heterocycles. The Morgan fingerprint density at radius 1 is 1.23 bits per heavy atom. The molecule has 1 saturated carbocycles. The van der Waals surface area contributed by atoms with Crippen LogP contribution >= 0.6 is 0 Å². The first-order valence-electron chi connectivity index (χ1n) is 10.7. The molecule has 1 atom stereocenters. The zero-order valence-electron chi connectivity index (χ0n) is 17.4. The molecule has 1 aliphatic carbocycles. The second-order valence-electron chi connectivity index (χ2n) is 8.38. The van der Waals surface area contributed by atoms with Crippen molar-refractivity contribution in [2.75, 3.05) is 6.54 Å². The average Bonchev–Trinajstić information content (AvgIpc) is 3.26. The van der Waals surface area contributed by atoms with E-state index in [-0.39, 0.29) is 24.3 Å². The predicted molar refractivity (Wildman–Crippen MR) is 112 cm³/mol. The van der Waals surface area contributed by atoms with Crippen LogP contribution in [0.4, 0.5) is 0 Å². The molecule has 156 valence electrons. The van der Waals surface area contributed by atoms with Crippen molar-refractivity contribution in [3.63, 3.8) is 0 Å². The van der Waals surface area contributed by atoms with Crippen LogP contribution < -0.4 is 5.32 Å². The van der Waals surface area contributed by atoms with Gasteiger partial charge in [-0.2, -0.15) is 0 Å². The van der Waals surface area contributed by atoms with Crippen LogP contribution in [0.2, 0.25) is 0 Å². The Morgan fingerprint density at radius 2 is 2.03 bits per heavy atom. The van der Waals surface area contributed by atoms with Gasteiger partial charge in [0.25, 0.3) is 5.91 Å². The number of aryl methyl sites for hydroxylation is 1. The number of rotatable bonds is 4. The van der Waals surface area contributed by atoms with Gasteiger partial charge < -0.3 is 19.2 Å². The summed E-state index contributed by atoms with van der Waals surface area (Å²) in [5, 5.41) is 4.02. The smallest absolute Gasteiger partial charge is 0.290 e. The Balaban J connectivity index is 1.34. The Labute approximate surface area is 175 Å². The summed E-state index contributed by atoms with van der Waals surface area (Å²) in [6, 6.07) is 7.84. The van der Waals surface area contributed by atoms with Gasteiger partial charge in [0.1, 0.15) is 11.4 Å². The fourth-order valence-corrected chi connectivity index (χ4v) is 4.41. The lowest BCUT2D eigenvalue weighted by Crippen LogP contribution is -2.41. The van der Waals surface area contributed by atoms with E-state index in [0.717, 1.165) is 40.9 Å². The topological polar surface area (TPSA) is 80.4 Å². The molecule has 7 heteroatoms. The highest BCUT2D eigenvalue weighted by Gasteiger charge is 2.33. The van der Waals surface area contributed by atoms with E-state index in [2.05, 4.69) is 9.88 Å². The maximum Gasteiger partial charge on any atom is 0.290 e. The molecule has 30 heavy (non-hydrogen) atoms. The lowest BCUT2D eigenvalue weighted by molar-refractivity contribution is -0.121. The van der Waals surface area contributed by atoms with Crippen molar-refractivity contribution < 1.29 is 14.0 Å². The minimum absolute atomic E-state index is 0.0219. The molecule has 3 heterocycles. The van der Waals surface area contributed by atoms with Gasteiger partial charge in [0, 0.05) is 36.3 Å². The molecule has 1 aromatic carbocycles. The van der Waals surface area contributed by atoms with Crippen LogP contribution in [0.3, 0.4) is 0 Å². The molecule has 7 nitrogen and oxygen atoms in total. The number of aromatic nitrogens is 2. The number of hydrogen-bond acceptors (Lipinski definition) is 4. The van der Waals surface area contributed by atoms with Crippen molar-refractivity contribution in [3.05, 3.63) is 53.3 Å². The van der Waals surface area contributed by atoms with Crippen LogP contribution in [0.5, 0.6) is 0 Å². The van der Waals surface area contributed by atoms with E-state index < -0.39 is 0 Å². The highest BCUT2D eigenvalue weighted by molar-refractivity contribution is 5.99. The number of amides is 2. The molecule has 0 spiro atoms. The zero-order valence-corrected chi connectivity index (χ0v) is 17.4. The second-order valence-corrected chi connectivity index (χ2v) is 8.38. The van der Waals surface area contributed by atoms with E-state index in [1.165, 1.54) is 6.42 Å². The van der Waals surface area contributed by atoms with Gasteiger partial charge in [-0.25, -0.2) is 4.98 Å². The summed E-state index contributed by atoms with van der Waals surface area (Å²) in [4.78, 5) is 32.0. The van der Waals surface area contributed by atoms with Gasteiger partial charge in [-0.15, -0.1) is 0 Å². The van der Waals surface area contributed by atoms with E-state index in [0.29, 0.717) is 24.9 Å². The van der Waals surface area contributed by atoms with Crippen LogP contribution in [-0.4, -0.2) is 38.9 Å². The van der Waals surface area contributed by atoms with E-state index in [1.807, 2.05) is 49.2 Å². The molecular formula is C23H26N4O3. The van der Waals surface area contributed by atoms with Gasteiger partial charge in [0.15, 0.2) is 5.76 Å². The number of para-hydroxylation sites is 1. The number of carbonyl (C=O) groups is 2. The van der Waals surface area contributed by atoms with E-state index in [1.54, 1.807) is 0 Å². The monoisotopic (exact) mass is 406 g/mol. The maximum atomic E-state index is 13.3. The van der Waals surface area contributed by atoms with Crippen LogP contribution in [0, 0.1) is 6.92 Å². The molecular weight excluding hydrogens is 380 g/mol. The van der Waals surface area contributed by atoms with Crippen molar-refractivity contribution >= 4 is 22.8 Å². The van der Waals surface area contributed by atoms with Crippen molar-refractivity contribution in [3.8, 4) is 0 Å². The number of imidazole rings is 1. The van der Waals surface area contributed by atoms with Gasteiger partial charge >= 0.3 is 0 Å². The molecule has 0 unspecified atom stereocenters. The molecule has 0 radical (unpaired) electrons. The number of carbonyl (C=O) groups excluding carboxylic acids is 2. The van der Waals surface area contributed by atoms with Crippen molar-refractivity contribution in [1.82, 2.24) is 19.8 Å². The minimum atomic E-state index is -0.192. The first kappa shape index (κ1) is 18.9. The number of fused-ring (bicyclic) bond motifs is 2. The first-order valence-corrected chi connectivity index (χ1v) is 10.7. The summed E-state index contributed by atoms with van der Waals surface area (Å²) >= 11 is 0. The third kappa shape index (κ3) is 3.18. The average molecular weight is 406 g/mol. The largest absolute Gasteiger partial charge is 0.451 e. The maximum absolute atomic E-state index is 13.3. The summed E-state index contributed by atoms with van der Waals surface area (Å²) in [5.41, 5.74) is 2.34. The number of nitrogens with one attached hydrogen (secondary N) is 1. The molecule has 1 fully saturated rings. The highest BCUT2D eigenvalue weighted by Crippen LogP contribution is 2.31. The molecule has 3 aromatic rings. The molecule has 0 bridgehead atoms. The quantitative estimate of drug-likeness (QED) is 0.720. The summed E-state index contributed by atoms with van der Waals surface area (Å²) in [6.07, 6.45) is 5.55. The Morgan fingerprint density at radius 3 is 2.77 bits per heavy atom. The summed E-state index contributed by atoms with van der Waals surface area (Å²) in [5.74, 6) is 1.11. The van der Waals surface area contributed by atoms with E-state index in [9.17, 15) is 9.59 Å². The summed E-state index contributed by atoms with van der Waals surface area (Å²) < 4.78 is 7.95. The number of hydrogen-bond donors (Lipinski definition) is 1. The van der Waals surface area contributed by atoms with Crippen LogP contribution in [0.15, 0.2) is 34.9 Å². The fraction of sp³-hybridized carbons (Fsp3) is 0.435. The minimum Gasteiger partial charge on any atom is -0.451 e. The molecule has 2 amide bonds. The van der Waals surface area contributed by atoms with Gasteiger partial charge in [-0.05, 0) is 39.2 Å². The molecule has 1 aliphatic heterocycles.